The minimum atomic E-state index is 0.598. The monoisotopic (exact) mass is 411 g/mol. The van der Waals surface area contributed by atoms with Gasteiger partial charge in [0.2, 0.25) is 5.88 Å². The van der Waals surface area contributed by atoms with Crippen molar-refractivity contribution in [1.29, 1.82) is 0 Å². The molecule has 0 spiro atoms. The summed E-state index contributed by atoms with van der Waals surface area (Å²) in [7, 11) is 0. The quantitative estimate of drug-likeness (QED) is 0.478. The number of ether oxygens (including phenoxy) is 2. The van der Waals surface area contributed by atoms with Gasteiger partial charge < -0.3 is 14.4 Å². The van der Waals surface area contributed by atoms with Crippen LogP contribution in [-0.2, 0) is 4.74 Å². The largest absolute Gasteiger partial charge is 0.476 e. The van der Waals surface area contributed by atoms with Gasteiger partial charge in [-0.25, -0.2) is 0 Å². The van der Waals surface area contributed by atoms with Crippen molar-refractivity contribution in [1.82, 2.24) is 9.88 Å². The minimum absolute atomic E-state index is 0.598. The molecule has 3 rings (SSSR count). The molecule has 2 aromatic rings. The Hall–Kier alpha value is -2.64. The number of hydrazone groups is 1. The Morgan fingerprint density at radius 3 is 2.73 bits per heavy atom. The molecule has 0 atom stereocenters. The van der Waals surface area contributed by atoms with Gasteiger partial charge in [0.15, 0.2) is 5.82 Å². The summed E-state index contributed by atoms with van der Waals surface area (Å²) >= 11 is 0. The van der Waals surface area contributed by atoms with Crippen LogP contribution >= 0.6 is 0 Å². The third-order valence-electron chi connectivity index (χ3n) is 5.11. The molecule has 0 unspecified atom stereocenters. The van der Waals surface area contributed by atoms with Gasteiger partial charge >= 0.3 is 0 Å². The van der Waals surface area contributed by atoms with Crippen molar-refractivity contribution in [2.24, 2.45) is 5.10 Å². The van der Waals surface area contributed by atoms with Gasteiger partial charge in [0.1, 0.15) is 6.61 Å². The lowest BCUT2D eigenvalue weighted by Gasteiger charge is -2.26. The molecule has 162 valence electrons. The molecule has 1 aromatic carbocycles. The van der Waals surface area contributed by atoms with E-state index < -0.39 is 0 Å². The standard InChI is InChI=1S/C23H33N5O2/c1-4-28(5-2)21-16-22(26-24-18-20-8-6-7-19(3)15-20)25-23(17-21)30-14-11-27-9-12-29-13-10-27/h6-8,15-18H,4-5,9-14H2,1-3H3,(H,25,26)/b24-18+. The van der Waals surface area contributed by atoms with Crippen LogP contribution < -0.4 is 15.1 Å². The zero-order chi connectivity index (χ0) is 21.2. The third kappa shape index (κ3) is 6.71. The summed E-state index contributed by atoms with van der Waals surface area (Å²) in [6, 6.07) is 12.2. The Balaban J connectivity index is 1.67. The van der Waals surface area contributed by atoms with Crippen LogP contribution in [0.25, 0.3) is 0 Å². The van der Waals surface area contributed by atoms with Gasteiger partial charge in [-0.05, 0) is 26.3 Å². The van der Waals surface area contributed by atoms with Crippen LogP contribution in [0.4, 0.5) is 11.5 Å². The van der Waals surface area contributed by atoms with E-state index in [-0.39, 0.29) is 0 Å². The maximum atomic E-state index is 6.00. The van der Waals surface area contributed by atoms with E-state index in [9.17, 15) is 0 Å². The number of anilines is 2. The van der Waals surface area contributed by atoms with Gasteiger partial charge in [-0.1, -0.05) is 29.8 Å². The highest BCUT2D eigenvalue weighted by Gasteiger charge is 2.12. The first kappa shape index (κ1) is 22.1. The number of pyridine rings is 1. The van der Waals surface area contributed by atoms with Crippen LogP contribution in [0.1, 0.15) is 25.0 Å². The zero-order valence-electron chi connectivity index (χ0n) is 18.3. The molecule has 0 amide bonds. The Labute approximate surface area is 179 Å². The van der Waals surface area contributed by atoms with Crippen LogP contribution in [0.15, 0.2) is 41.5 Å². The molecular formula is C23H33N5O2. The maximum Gasteiger partial charge on any atom is 0.217 e. The highest BCUT2D eigenvalue weighted by Crippen LogP contribution is 2.24. The van der Waals surface area contributed by atoms with Crippen molar-refractivity contribution in [3.05, 3.63) is 47.5 Å². The van der Waals surface area contributed by atoms with Gasteiger partial charge in [-0.3, -0.25) is 10.3 Å². The van der Waals surface area contributed by atoms with Crippen LogP contribution in [0.3, 0.4) is 0 Å². The van der Waals surface area contributed by atoms with Crippen molar-refractivity contribution >= 4 is 17.7 Å². The summed E-state index contributed by atoms with van der Waals surface area (Å²) in [6.45, 7) is 13.2. The van der Waals surface area contributed by atoms with Crippen LogP contribution in [0.2, 0.25) is 0 Å². The second-order valence-corrected chi connectivity index (χ2v) is 7.31. The third-order valence-corrected chi connectivity index (χ3v) is 5.11. The van der Waals surface area contributed by atoms with E-state index in [2.05, 4.69) is 58.2 Å². The molecule has 1 aliphatic heterocycles. The number of hydrogen-bond acceptors (Lipinski definition) is 7. The normalized spacial score (nSPS) is 14.8. The van der Waals surface area contributed by atoms with E-state index >= 15 is 0 Å². The van der Waals surface area contributed by atoms with Gasteiger partial charge in [-0.2, -0.15) is 10.1 Å². The highest BCUT2D eigenvalue weighted by molar-refractivity contribution is 5.80. The lowest BCUT2D eigenvalue weighted by molar-refractivity contribution is 0.0320. The van der Waals surface area contributed by atoms with E-state index in [0.717, 1.165) is 57.2 Å². The molecule has 1 N–H and O–H groups in total. The smallest absolute Gasteiger partial charge is 0.217 e. The van der Waals surface area contributed by atoms with Gasteiger partial charge in [0.05, 0.1) is 19.4 Å². The number of aromatic nitrogens is 1. The van der Waals surface area contributed by atoms with E-state index in [1.54, 1.807) is 6.21 Å². The van der Waals surface area contributed by atoms with E-state index in [1.807, 2.05) is 24.3 Å². The number of nitrogens with one attached hydrogen (secondary N) is 1. The SMILES string of the molecule is CCN(CC)c1cc(N/N=C/c2cccc(C)c2)nc(OCCN2CCOCC2)c1. The molecule has 1 saturated heterocycles. The molecule has 0 aliphatic carbocycles. The van der Waals surface area contributed by atoms with Gasteiger partial charge in [0, 0.05) is 50.5 Å². The molecule has 1 aromatic heterocycles. The number of morpholine rings is 1. The second-order valence-electron chi connectivity index (χ2n) is 7.31. The summed E-state index contributed by atoms with van der Waals surface area (Å²) in [4.78, 5) is 9.22. The fourth-order valence-corrected chi connectivity index (χ4v) is 3.42. The minimum Gasteiger partial charge on any atom is -0.476 e. The van der Waals surface area contributed by atoms with E-state index in [4.69, 9.17) is 9.47 Å². The number of hydrogen-bond donors (Lipinski definition) is 1. The fourth-order valence-electron chi connectivity index (χ4n) is 3.42. The number of aryl methyl sites for hydroxylation is 1. The van der Waals surface area contributed by atoms with Crippen LogP contribution in [0.5, 0.6) is 5.88 Å². The van der Waals surface area contributed by atoms with Gasteiger partial charge in [-0.15, -0.1) is 0 Å². The summed E-state index contributed by atoms with van der Waals surface area (Å²) < 4.78 is 11.4. The van der Waals surface area contributed by atoms with Crippen LogP contribution in [0, 0.1) is 6.92 Å². The number of nitrogens with zero attached hydrogens (tertiary/aromatic N) is 4. The predicted octanol–water partition coefficient (Wildman–Crippen LogP) is 3.39. The lowest BCUT2D eigenvalue weighted by Crippen LogP contribution is -2.38. The predicted molar refractivity (Wildman–Crippen MR) is 123 cm³/mol. The molecule has 1 aliphatic rings. The summed E-state index contributed by atoms with van der Waals surface area (Å²) in [5.41, 5.74) is 6.39. The number of benzene rings is 1. The topological polar surface area (TPSA) is 62.2 Å². The molecular weight excluding hydrogens is 378 g/mol. The summed E-state index contributed by atoms with van der Waals surface area (Å²) in [5.74, 6) is 1.28. The van der Waals surface area contributed by atoms with Crippen molar-refractivity contribution in [2.75, 3.05) is 62.9 Å². The Morgan fingerprint density at radius 2 is 2.00 bits per heavy atom. The van der Waals surface area contributed by atoms with E-state index in [1.165, 1.54) is 5.56 Å². The first-order chi connectivity index (χ1) is 14.7. The first-order valence-corrected chi connectivity index (χ1v) is 10.7. The molecule has 0 radical (unpaired) electrons. The van der Waals surface area contributed by atoms with Crippen LogP contribution in [-0.4, -0.2) is 68.6 Å². The molecule has 0 bridgehead atoms. The highest BCUT2D eigenvalue weighted by atomic mass is 16.5. The molecule has 1 fully saturated rings. The summed E-state index contributed by atoms with van der Waals surface area (Å²) in [6.07, 6.45) is 1.80. The molecule has 7 heteroatoms. The zero-order valence-corrected chi connectivity index (χ0v) is 18.3. The second kappa shape index (κ2) is 11.5. The Bertz CT molecular complexity index is 817. The fraction of sp³-hybridized carbons (Fsp3) is 0.478. The molecule has 30 heavy (non-hydrogen) atoms. The van der Waals surface area contributed by atoms with Crippen molar-refractivity contribution < 1.29 is 9.47 Å². The van der Waals surface area contributed by atoms with Crippen molar-refractivity contribution in [3.8, 4) is 5.88 Å². The average Bonchev–Trinajstić information content (AvgIpc) is 2.75. The Kier molecular flexibility index (Phi) is 8.47. The maximum absolute atomic E-state index is 6.00. The first-order valence-electron chi connectivity index (χ1n) is 10.7. The van der Waals surface area contributed by atoms with E-state index in [0.29, 0.717) is 18.3 Å². The number of rotatable bonds is 10. The molecule has 7 nitrogen and oxygen atoms in total. The molecule has 2 heterocycles. The Morgan fingerprint density at radius 1 is 1.20 bits per heavy atom. The lowest BCUT2D eigenvalue weighted by atomic mass is 10.2. The van der Waals surface area contributed by atoms with Crippen molar-refractivity contribution in [3.63, 3.8) is 0 Å². The van der Waals surface area contributed by atoms with Crippen molar-refractivity contribution in [2.45, 2.75) is 20.8 Å². The molecule has 0 saturated carbocycles. The average molecular weight is 412 g/mol. The summed E-state index contributed by atoms with van der Waals surface area (Å²) in [5, 5.41) is 4.37. The van der Waals surface area contributed by atoms with Gasteiger partial charge in [0.25, 0.3) is 0 Å².